The zero-order valence-corrected chi connectivity index (χ0v) is 16.1. The van der Waals surface area contributed by atoms with Crippen LogP contribution in [0, 0.1) is 5.82 Å². The van der Waals surface area contributed by atoms with Crippen LogP contribution in [-0.2, 0) is 19.1 Å². The van der Waals surface area contributed by atoms with Crippen LogP contribution in [0.5, 0.6) is 5.88 Å². The number of pyridine rings is 1. The van der Waals surface area contributed by atoms with E-state index in [1.165, 1.54) is 18.3 Å². The largest absolute Gasteiger partial charge is 0.490 e. The maximum atomic E-state index is 13.8. The van der Waals surface area contributed by atoms with E-state index in [0.29, 0.717) is 19.8 Å². The lowest BCUT2D eigenvalue weighted by atomic mass is 10.1. The molecule has 3 rings (SSSR count). The molecule has 2 aliphatic rings. The number of rotatable bonds is 5. The van der Waals surface area contributed by atoms with Gasteiger partial charge in [-0.25, -0.2) is 14.2 Å². The Hall–Kier alpha value is -2.47. The van der Waals surface area contributed by atoms with Gasteiger partial charge in [-0.05, 0) is 31.9 Å². The predicted molar refractivity (Wildman–Crippen MR) is 93.3 cm³/mol. The van der Waals surface area contributed by atoms with E-state index in [0.717, 1.165) is 12.8 Å². The van der Waals surface area contributed by atoms with Gasteiger partial charge < -0.3 is 24.2 Å². The molecule has 1 aromatic heterocycles. The molecular formula is C18H22F4N2O6. The Balaban J connectivity index is 0.000000396. The number of ether oxygens (including phenoxy) is 3. The molecule has 30 heavy (non-hydrogen) atoms. The van der Waals surface area contributed by atoms with Gasteiger partial charge in [-0.15, -0.1) is 0 Å². The Labute approximate surface area is 169 Å². The lowest BCUT2D eigenvalue weighted by Gasteiger charge is -2.31. The number of nitrogens with zero attached hydrogens (tertiary/aromatic N) is 2. The molecule has 8 nitrogen and oxygen atoms in total. The zero-order valence-electron chi connectivity index (χ0n) is 16.1. The van der Waals surface area contributed by atoms with Crippen LogP contribution in [-0.4, -0.2) is 77.7 Å². The van der Waals surface area contributed by atoms with Gasteiger partial charge in [0.2, 0.25) is 5.91 Å². The molecule has 3 atom stereocenters. The van der Waals surface area contributed by atoms with Crippen molar-refractivity contribution in [2.24, 2.45) is 0 Å². The maximum absolute atomic E-state index is 13.8. The van der Waals surface area contributed by atoms with Crippen molar-refractivity contribution in [2.75, 3.05) is 26.4 Å². The number of aliphatic carboxylic acids is 1. The molecule has 2 bridgehead atoms. The van der Waals surface area contributed by atoms with E-state index < -0.39 is 24.1 Å². The summed E-state index contributed by atoms with van der Waals surface area (Å²) in [6, 6.07) is 2.68. The molecule has 3 unspecified atom stereocenters. The van der Waals surface area contributed by atoms with Gasteiger partial charge in [0, 0.05) is 19.3 Å². The second kappa shape index (κ2) is 10.5. The van der Waals surface area contributed by atoms with Gasteiger partial charge in [-0.2, -0.15) is 13.2 Å². The summed E-state index contributed by atoms with van der Waals surface area (Å²) in [6.07, 6.45) is -2.61. The summed E-state index contributed by atoms with van der Waals surface area (Å²) >= 11 is 0. The number of carbonyl (C=O) groups excluding carboxylic acids is 1. The van der Waals surface area contributed by atoms with Crippen LogP contribution in [0.4, 0.5) is 17.6 Å². The van der Waals surface area contributed by atoms with Crippen LogP contribution in [0.15, 0.2) is 18.3 Å². The first-order valence-corrected chi connectivity index (χ1v) is 9.21. The topological polar surface area (TPSA) is 98.2 Å². The normalized spacial score (nSPS) is 23.2. The summed E-state index contributed by atoms with van der Waals surface area (Å²) < 4.78 is 62.4. The fraction of sp³-hybridized carbons (Fsp3) is 0.611. The number of carboxylic acids is 1. The third-order valence-electron chi connectivity index (χ3n) is 4.52. The maximum Gasteiger partial charge on any atom is 0.490 e. The third kappa shape index (κ3) is 6.26. The summed E-state index contributed by atoms with van der Waals surface area (Å²) in [5.41, 5.74) is 0. The smallest absolute Gasteiger partial charge is 0.475 e. The molecule has 1 aliphatic carbocycles. The van der Waals surface area contributed by atoms with Gasteiger partial charge in [-0.3, -0.25) is 4.79 Å². The molecule has 168 valence electrons. The molecule has 0 spiro atoms. The Kier molecular flexibility index (Phi) is 8.35. The van der Waals surface area contributed by atoms with Gasteiger partial charge in [0.15, 0.2) is 5.82 Å². The Morgan fingerprint density at radius 2 is 2.07 bits per heavy atom. The molecule has 1 aromatic rings. The minimum Gasteiger partial charge on any atom is -0.475 e. The summed E-state index contributed by atoms with van der Waals surface area (Å²) in [7, 11) is 0. The van der Waals surface area contributed by atoms with E-state index >= 15 is 0 Å². The average molecular weight is 438 g/mol. The number of aromatic nitrogens is 1. The summed E-state index contributed by atoms with van der Waals surface area (Å²) in [6.45, 7) is 3.33. The number of alkyl halides is 3. The highest BCUT2D eigenvalue weighted by atomic mass is 19.4. The summed E-state index contributed by atoms with van der Waals surface area (Å²) in [4.78, 5) is 26.9. The van der Waals surface area contributed by atoms with Crippen molar-refractivity contribution >= 4 is 11.9 Å². The zero-order chi connectivity index (χ0) is 22.3. The molecule has 1 saturated heterocycles. The van der Waals surface area contributed by atoms with Crippen molar-refractivity contribution in [3.63, 3.8) is 0 Å². The monoisotopic (exact) mass is 438 g/mol. The molecule has 1 amide bonds. The first kappa shape index (κ1) is 23.8. The quantitative estimate of drug-likeness (QED) is 0.703. The lowest BCUT2D eigenvalue weighted by Crippen LogP contribution is -2.49. The van der Waals surface area contributed by atoms with Crippen molar-refractivity contribution in [3.8, 4) is 5.88 Å². The Bertz CT molecular complexity index is 733. The molecule has 0 radical (unpaired) electrons. The minimum absolute atomic E-state index is 0.0440. The first-order valence-electron chi connectivity index (χ1n) is 9.21. The van der Waals surface area contributed by atoms with Gasteiger partial charge in [0.25, 0.3) is 5.88 Å². The average Bonchev–Trinajstić information content (AvgIpc) is 2.96. The van der Waals surface area contributed by atoms with Crippen molar-refractivity contribution in [1.82, 2.24) is 9.88 Å². The molecule has 12 heteroatoms. The predicted octanol–water partition coefficient (Wildman–Crippen LogP) is 2.03. The van der Waals surface area contributed by atoms with Crippen LogP contribution in [0.25, 0.3) is 0 Å². The van der Waals surface area contributed by atoms with E-state index in [1.807, 2.05) is 6.92 Å². The molecule has 1 N–H and O–H groups in total. The number of carboxylic acid groups (broad SMARTS) is 1. The van der Waals surface area contributed by atoms with Crippen LogP contribution in [0.1, 0.15) is 19.8 Å². The highest BCUT2D eigenvalue weighted by Crippen LogP contribution is 2.33. The highest BCUT2D eigenvalue weighted by Gasteiger charge is 2.46. The molecule has 1 saturated carbocycles. The van der Waals surface area contributed by atoms with Crippen LogP contribution in [0.3, 0.4) is 0 Å². The number of hydrogen-bond acceptors (Lipinski definition) is 6. The van der Waals surface area contributed by atoms with Crippen LogP contribution < -0.4 is 4.74 Å². The summed E-state index contributed by atoms with van der Waals surface area (Å²) in [5, 5.41) is 7.12. The van der Waals surface area contributed by atoms with E-state index in [2.05, 4.69) is 4.98 Å². The second-order valence-corrected chi connectivity index (χ2v) is 6.45. The van der Waals surface area contributed by atoms with Crippen molar-refractivity contribution in [3.05, 3.63) is 24.1 Å². The van der Waals surface area contributed by atoms with E-state index in [1.54, 1.807) is 4.90 Å². The fourth-order valence-corrected chi connectivity index (χ4v) is 3.21. The third-order valence-corrected chi connectivity index (χ3v) is 4.52. The van der Waals surface area contributed by atoms with E-state index in [9.17, 15) is 22.4 Å². The first-order chi connectivity index (χ1) is 14.1. The summed E-state index contributed by atoms with van der Waals surface area (Å²) in [5.74, 6) is -3.40. The Morgan fingerprint density at radius 3 is 2.67 bits per heavy atom. The van der Waals surface area contributed by atoms with Crippen molar-refractivity contribution < 1.29 is 46.5 Å². The molecule has 2 heterocycles. The molecule has 0 aromatic carbocycles. The van der Waals surface area contributed by atoms with Gasteiger partial charge in [0.05, 0.1) is 18.8 Å². The highest BCUT2D eigenvalue weighted by molar-refractivity contribution is 5.78. The van der Waals surface area contributed by atoms with Crippen molar-refractivity contribution in [1.29, 1.82) is 0 Å². The number of hydrogen-bond donors (Lipinski definition) is 1. The van der Waals surface area contributed by atoms with Crippen molar-refractivity contribution in [2.45, 2.75) is 44.2 Å². The molecule has 2 fully saturated rings. The van der Waals surface area contributed by atoms with Gasteiger partial charge >= 0.3 is 12.1 Å². The second-order valence-electron chi connectivity index (χ2n) is 6.45. The van der Waals surface area contributed by atoms with Gasteiger partial charge in [0.1, 0.15) is 12.7 Å². The fourth-order valence-electron chi connectivity index (χ4n) is 3.21. The van der Waals surface area contributed by atoms with Gasteiger partial charge in [-0.1, -0.05) is 0 Å². The lowest BCUT2D eigenvalue weighted by molar-refractivity contribution is -0.192. The standard InChI is InChI=1S/C16H21FN2O4.C2HF3O2/c1-2-21-10-14(20)19-8-9-22-13-6-5-12(19)15(13)23-16-11(17)4-3-7-18-16;3-2(4,5)1(6)7/h3-4,7,12-13,15H,2,5-6,8-10H2,1H3;(H,6,7). The van der Waals surface area contributed by atoms with Crippen LogP contribution >= 0.6 is 0 Å². The minimum atomic E-state index is -5.08. The number of carbonyl (C=O) groups is 2. The van der Waals surface area contributed by atoms with E-state index in [4.69, 9.17) is 24.1 Å². The van der Waals surface area contributed by atoms with E-state index in [-0.39, 0.29) is 30.5 Å². The molecular weight excluding hydrogens is 416 g/mol. The number of fused-ring (bicyclic) bond motifs is 2. The SMILES string of the molecule is CCOCC(=O)N1CCOC2CCC1C2Oc1ncccc1F.O=C(O)C(F)(F)F. The Morgan fingerprint density at radius 1 is 1.37 bits per heavy atom. The number of amides is 1. The van der Waals surface area contributed by atoms with Crippen LogP contribution in [0.2, 0.25) is 0 Å². The molecule has 1 aliphatic heterocycles. The number of halogens is 4.